The van der Waals surface area contributed by atoms with Crippen molar-refractivity contribution in [2.75, 3.05) is 30.7 Å². The van der Waals surface area contributed by atoms with E-state index >= 15 is 0 Å². The second kappa shape index (κ2) is 5.36. The van der Waals surface area contributed by atoms with Crippen molar-refractivity contribution in [3.05, 3.63) is 30.5 Å². The van der Waals surface area contributed by atoms with E-state index in [1.165, 1.54) is 0 Å². The van der Waals surface area contributed by atoms with E-state index < -0.39 is 0 Å². The first-order valence-corrected chi connectivity index (χ1v) is 6.90. The van der Waals surface area contributed by atoms with E-state index in [0.29, 0.717) is 12.4 Å². The minimum absolute atomic E-state index is 0.164. The number of nitrogens with one attached hydrogen (secondary N) is 1. The van der Waals surface area contributed by atoms with Crippen molar-refractivity contribution in [3.63, 3.8) is 0 Å². The molecule has 1 aliphatic heterocycles. The van der Waals surface area contributed by atoms with Gasteiger partial charge in [-0.05, 0) is 42.5 Å². The number of anilines is 2. The van der Waals surface area contributed by atoms with Gasteiger partial charge in [0.05, 0.1) is 6.54 Å². The van der Waals surface area contributed by atoms with Crippen molar-refractivity contribution >= 4 is 28.2 Å². The molecule has 2 aromatic rings. The van der Waals surface area contributed by atoms with Crippen molar-refractivity contribution in [3.8, 4) is 0 Å². The fourth-order valence-corrected chi connectivity index (χ4v) is 2.57. The Morgan fingerprint density at radius 2 is 2.10 bits per heavy atom. The number of likely N-dealkylation sites (tertiary alicyclic amines) is 1. The maximum Gasteiger partial charge on any atom is 0.241 e. The number of nitrogen functional groups attached to an aromatic ring is 1. The molecule has 5 heteroatoms. The average Bonchev–Trinajstić information content (AvgIpc) is 2.99. The smallest absolute Gasteiger partial charge is 0.241 e. The zero-order valence-corrected chi connectivity index (χ0v) is 11.3. The maximum absolute atomic E-state index is 12.0. The molecule has 1 amide bonds. The molecule has 1 aromatic carbocycles. The van der Waals surface area contributed by atoms with E-state index in [-0.39, 0.29) is 5.91 Å². The van der Waals surface area contributed by atoms with E-state index in [0.717, 1.165) is 42.4 Å². The number of benzene rings is 1. The predicted molar refractivity (Wildman–Crippen MR) is 80.5 cm³/mol. The summed E-state index contributed by atoms with van der Waals surface area (Å²) in [5.74, 6) is 0.694. The summed E-state index contributed by atoms with van der Waals surface area (Å²) in [6, 6.07) is 7.77. The molecule has 1 saturated heterocycles. The van der Waals surface area contributed by atoms with Gasteiger partial charge in [0.15, 0.2) is 0 Å². The van der Waals surface area contributed by atoms with Gasteiger partial charge in [-0.25, -0.2) is 4.98 Å². The quantitative estimate of drug-likeness (QED) is 0.893. The Labute approximate surface area is 117 Å². The number of nitrogens with zero attached hydrogens (tertiary/aromatic N) is 2. The molecule has 104 valence electrons. The average molecular weight is 270 g/mol. The Kier molecular flexibility index (Phi) is 3.41. The number of rotatable bonds is 3. The molecule has 1 fully saturated rings. The van der Waals surface area contributed by atoms with Gasteiger partial charge >= 0.3 is 0 Å². The predicted octanol–water partition coefficient (Wildman–Crippen LogP) is 1.85. The first-order valence-electron chi connectivity index (χ1n) is 6.90. The number of pyridine rings is 1. The molecule has 0 bridgehead atoms. The van der Waals surface area contributed by atoms with Crippen molar-refractivity contribution in [2.24, 2.45) is 0 Å². The van der Waals surface area contributed by atoms with Gasteiger partial charge in [-0.2, -0.15) is 0 Å². The summed E-state index contributed by atoms with van der Waals surface area (Å²) in [4.78, 5) is 17.9. The van der Waals surface area contributed by atoms with Crippen LogP contribution in [0.1, 0.15) is 12.8 Å². The second-order valence-electron chi connectivity index (χ2n) is 5.07. The van der Waals surface area contributed by atoms with Crippen LogP contribution in [0.15, 0.2) is 30.5 Å². The van der Waals surface area contributed by atoms with Gasteiger partial charge in [-0.3, -0.25) is 4.79 Å². The summed E-state index contributed by atoms with van der Waals surface area (Å²) < 4.78 is 0. The Bertz CT molecular complexity index is 635. The Morgan fingerprint density at radius 3 is 2.90 bits per heavy atom. The lowest BCUT2D eigenvalue weighted by atomic mass is 10.1. The lowest BCUT2D eigenvalue weighted by Gasteiger charge is -2.16. The minimum Gasteiger partial charge on any atom is -0.383 e. The molecular formula is C15H18N4O. The molecule has 0 spiro atoms. The molecule has 3 rings (SSSR count). The number of hydrogen-bond acceptors (Lipinski definition) is 4. The lowest BCUT2D eigenvalue weighted by Crippen LogP contribution is -2.32. The molecule has 5 nitrogen and oxygen atoms in total. The van der Waals surface area contributed by atoms with Crippen LogP contribution in [0, 0.1) is 0 Å². The molecule has 0 unspecified atom stereocenters. The van der Waals surface area contributed by atoms with Crippen molar-refractivity contribution in [1.29, 1.82) is 0 Å². The molecule has 1 aliphatic rings. The highest BCUT2D eigenvalue weighted by Crippen LogP contribution is 2.22. The summed E-state index contributed by atoms with van der Waals surface area (Å²) in [7, 11) is 0. The fourth-order valence-electron chi connectivity index (χ4n) is 2.57. The van der Waals surface area contributed by atoms with Gasteiger partial charge in [0, 0.05) is 30.4 Å². The van der Waals surface area contributed by atoms with Gasteiger partial charge in [0.2, 0.25) is 5.91 Å². The molecule has 0 radical (unpaired) electrons. The van der Waals surface area contributed by atoms with Gasteiger partial charge in [0.25, 0.3) is 0 Å². The van der Waals surface area contributed by atoms with Crippen LogP contribution in [0.2, 0.25) is 0 Å². The van der Waals surface area contributed by atoms with Gasteiger partial charge in [-0.15, -0.1) is 0 Å². The van der Waals surface area contributed by atoms with E-state index in [1.807, 2.05) is 29.2 Å². The number of nitrogens with two attached hydrogens (primary N) is 1. The number of carbonyl (C=O) groups is 1. The monoisotopic (exact) mass is 270 g/mol. The van der Waals surface area contributed by atoms with Crippen molar-refractivity contribution in [2.45, 2.75) is 12.8 Å². The van der Waals surface area contributed by atoms with Crippen LogP contribution in [-0.4, -0.2) is 35.4 Å². The first-order chi connectivity index (χ1) is 9.74. The molecule has 0 atom stereocenters. The number of fused-ring (bicyclic) bond motifs is 1. The van der Waals surface area contributed by atoms with E-state index in [9.17, 15) is 4.79 Å². The standard InChI is InChI=1S/C15H18N4O/c16-15-13-4-3-12(9-11(13)5-6-17-15)18-10-14(20)19-7-1-2-8-19/h3-6,9,18H,1-2,7-8,10H2,(H2,16,17). The SMILES string of the molecule is Nc1nccc2cc(NCC(=O)N3CCCC3)ccc12. The van der Waals surface area contributed by atoms with Crippen molar-refractivity contribution in [1.82, 2.24) is 9.88 Å². The summed E-state index contributed by atoms with van der Waals surface area (Å²) >= 11 is 0. The molecule has 1 aromatic heterocycles. The largest absolute Gasteiger partial charge is 0.383 e. The third-order valence-corrected chi connectivity index (χ3v) is 3.70. The van der Waals surface area contributed by atoms with Crippen LogP contribution in [0.25, 0.3) is 10.8 Å². The van der Waals surface area contributed by atoms with Gasteiger partial charge in [0.1, 0.15) is 5.82 Å². The number of carbonyl (C=O) groups excluding carboxylic acids is 1. The zero-order valence-electron chi connectivity index (χ0n) is 11.3. The van der Waals surface area contributed by atoms with Crippen LogP contribution in [-0.2, 0) is 4.79 Å². The molecule has 0 saturated carbocycles. The van der Waals surface area contributed by atoms with Gasteiger partial charge in [-0.1, -0.05) is 0 Å². The van der Waals surface area contributed by atoms with E-state index in [2.05, 4.69) is 10.3 Å². The van der Waals surface area contributed by atoms with Crippen molar-refractivity contribution < 1.29 is 4.79 Å². The third kappa shape index (κ3) is 2.52. The number of aromatic nitrogens is 1. The van der Waals surface area contributed by atoms with E-state index in [1.54, 1.807) is 6.20 Å². The van der Waals surface area contributed by atoms with Crippen LogP contribution in [0.5, 0.6) is 0 Å². The molecule has 20 heavy (non-hydrogen) atoms. The van der Waals surface area contributed by atoms with Crippen LogP contribution in [0.4, 0.5) is 11.5 Å². The second-order valence-corrected chi connectivity index (χ2v) is 5.07. The highest BCUT2D eigenvalue weighted by atomic mass is 16.2. The molecule has 2 heterocycles. The van der Waals surface area contributed by atoms with Crippen LogP contribution in [0.3, 0.4) is 0 Å². The molecule has 0 aliphatic carbocycles. The summed E-state index contributed by atoms with van der Waals surface area (Å²) in [6.45, 7) is 2.12. The topological polar surface area (TPSA) is 71.2 Å². The van der Waals surface area contributed by atoms with Crippen LogP contribution < -0.4 is 11.1 Å². The highest BCUT2D eigenvalue weighted by Gasteiger charge is 2.17. The maximum atomic E-state index is 12.0. The normalized spacial score (nSPS) is 14.7. The minimum atomic E-state index is 0.164. The zero-order chi connectivity index (χ0) is 13.9. The van der Waals surface area contributed by atoms with Crippen LogP contribution >= 0.6 is 0 Å². The number of hydrogen-bond donors (Lipinski definition) is 2. The Morgan fingerprint density at radius 1 is 1.30 bits per heavy atom. The highest BCUT2D eigenvalue weighted by molar-refractivity contribution is 5.93. The fraction of sp³-hybridized carbons (Fsp3) is 0.333. The third-order valence-electron chi connectivity index (χ3n) is 3.70. The Balaban J connectivity index is 1.70. The van der Waals surface area contributed by atoms with E-state index in [4.69, 9.17) is 5.73 Å². The summed E-state index contributed by atoms with van der Waals surface area (Å²) in [6.07, 6.45) is 3.93. The molecular weight excluding hydrogens is 252 g/mol. The first kappa shape index (κ1) is 12.7. The van der Waals surface area contributed by atoms with Gasteiger partial charge < -0.3 is 16.0 Å². The number of amides is 1. The lowest BCUT2D eigenvalue weighted by molar-refractivity contribution is -0.128. The Hall–Kier alpha value is -2.30. The summed E-state index contributed by atoms with van der Waals surface area (Å²) in [5.41, 5.74) is 6.75. The summed E-state index contributed by atoms with van der Waals surface area (Å²) in [5, 5.41) is 5.14. The molecule has 3 N–H and O–H groups in total.